The highest BCUT2D eigenvalue weighted by Gasteiger charge is 2.14. The maximum absolute atomic E-state index is 5.60. The first-order chi connectivity index (χ1) is 13.8. The number of hydrogen-bond acceptors (Lipinski definition) is 4. The molecule has 0 fully saturated rings. The number of hydrogen-bond donors (Lipinski definition) is 2. The van der Waals surface area contributed by atoms with Crippen LogP contribution >= 0.6 is 24.0 Å². The molecule has 3 rings (SSSR count). The molecular weight excluding hydrogens is 479 g/mol. The fourth-order valence-electron chi connectivity index (χ4n) is 3.34. The first kappa shape index (κ1) is 23.7. The predicted octanol–water partition coefficient (Wildman–Crippen LogP) is 3.42. The van der Waals surface area contributed by atoms with E-state index in [0.29, 0.717) is 13.2 Å². The van der Waals surface area contributed by atoms with Crippen LogP contribution < -0.4 is 10.6 Å². The van der Waals surface area contributed by atoms with E-state index in [2.05, 4.69) is 51.7 Å². The first-order valence-corrected chi connectivity index (χ1v) is 10.3. The van der Waals surface area contributed by atoms with Gasteiger partial charge in [-0.25, -0.2) is 0 Å². The van der Waals surface area contributed by atoms with Gasteiger partial charge in [0.05, 0.1) is 6.26 Å². The number of furan rings is 1. The van der Waals surface area contributed by atoms with Crippen molar-refractivity contribution in [1.29, 1.82) is 0 Å². The second-order valence-corrected chi connectivity index (χ2v) is 6.97. The number of nitrogens with one attached hydrogen (secondary N) is 2. The van der Waals surface area contributed by atoms with Crippen LogP contribution in [0.25, 0.3) is 0 Å². The Morgan fingerprint density at radius 3 is 2.83 bits per heavy atom. The van der Waals surface area contributed by atoms with Crippen LogP contribution in [0.5, 0.6) is 0 Å². The van der Waals surface area contributed by atoms with Gasteiger partial charge in [0, 0.05) is 45.9 Å². The summed E-state index contributed by atoms with van der Waals surface area (Å²) in [6, 6.07) is 12.6. The molecule has 1 aromatic carbocycles. The normalized spacial score (nSPS) is 14.2. The molecule has 0 radical (unpaired) electrons. The Bertz CT molecular complexity index is 721. The molecule has 1 aromatic heterocycles. The Hall–Kier alpha value is -1.58. The Morgan fingerprint density at radius 2 is 2.03 bits per heavy atom. The lowest BCUT2D eigenvalue weighted by molar-refractivity contribution is 0.105. The van der Waals surface area contributed by atoms with Crippen LogP contribution in [-0.4, -0.2) is 50.2 Å². The van der Waals surface area contributed by atoms with Gasteiger partial charge in [-0.15, -0.1) is 24.0 Å². The average molecular weight is 512 g/mol. The number of nitrogens with zero attached hydrogens (tertiary/aromatic N) is 2. The van der Waals surface area contributed by atoms with Crippen LogP contribution in [0, 0.1) is 0 Å². The quantitative estimate of drug-likeness (QED) is 0.221. The second kappa shape index (κ2) is 13.6. The number of benzene rings is 1. The molecule has 0 saturated carbocycles. The molecule has 6 nitrogen and oxygen atoms in total. The molecule has 0 amide bonds. The molecule has 2 heterocycles. The van der Waals surface area contributed by atoms with Crippen molar-refractivity contribution < 1.29 is 9.15 Å². The van der Waals surface area contributed by atoms with E-state index in [-0.39, 0.29) is 24.0 Å². The largest absolute Gasteiger partial charge is 0.467 e. The summed E-state index contributed by atoms with van der Waals surface area (Å²) in [5, 5.41) is 6.76. The zero-order chi connectivity index (χ0) is 19.4. The minimum atomic E-state index is 0. The van der Waals surface area contributed by atoms with Gasteiger partial charge >= 0.3 is 0 Å². The first-order valence-electron chi connectivity index (χ1n) is 10.3. The fraction of sp³-hybridized carbons (Fsp3) is 0.500. The maximum Gasteiger partial charge on any atom is 0.191 e. The van der Waals surface area contributed by atoms with Crippen molar-refractivity contribution in [3.63, 3.8) is 0 Å². The third kappa shape index (κ3) is 8.36. The van der Waals surface area contributed by atoms with E-state index in [1.165, 1.54) is 11.1 Å². The standard InChI is InChI=1S/C22H32N4O2.HI/c1-2-23-22(24-11-6-15-27-18-21-9-5-16-28-21)25-12-14-26-13-10-19-7-3-4-8-20(19)17-26;/h3-5,7-9,16H,2,6,10-15,17-18H2,1H3,(H2,23,24,25);1H. The van der Waals surface area contributed by atoms with Crippen molar-refractivity contribution in [2.45, 2.75) is 32.9 Å². The molecule has 1 aliphatic rings. The Balaban J connectivity index is 0.00000300. The number of aliphatic imine (C=N–C) groups is 1. The van der Waals surface area contributed by atoms with Gasteiger partial charge in [-0.05, 0) is 43.0 Å². The Morgan fingerprint density at radius 1 is 1.17 bits per heavy atom. The predicted molar refractivity (Wildman–Crippen MR) is 128 cm³/mol. The summed E-state index contributed by atoms with van der Waals surface area (Å²) in [6.07, 6.45) is 3.70. The van der Waals surface area contributed by atoms with Crippen LogP contribution in [-0.2, 0) is 24.3 Å². The highest BCUT2D eigenvalue weighted by atomic mass is 127. The van der Waals surface area contributed by atoms with Crippen molar-refractivity contribution in [3.05, 3.63) is 59.5 Å². The molecule has 7 heteroatoms. The monoisotopic (exact) mass is 512 g/mol. The Kier molecular flexibility index (Phi) is 11.1. The average Bonchev–Trinajstić information content (AvgIpc) is 3.24. The van der Waals surface area contributed by atoms with Gasteiger partial charge < -0.3 is 19.8 Å². The molecule has 0 unspecified atom stereocenters. The highest BCUT2D eigenvalue weighted by molar-refractivity contribution is 14.0. The Labute approximate surface area is 191 Å². The van der Waals surface area contributed by atoms with E-state index in [4.69, 9.17) is 9.15 Å². The van der Waals surface area contributed by atoms with Gasteiger partial charge in [0.25, 0.3) is 0 Å². The molecule has 2 aromatic rings. The van der Waals surface area contributed by atoms with Crippen LogP contribution in [0.1, 0.15) is 30.2 Å². The SMILES string of the molecule is CCNC(=NCCCOCc1ccco1)NCCN1CCc2ccccc2C1.I. The van der Waals surface area contributed by atoms with Gasteiger partial charge in [-0.3, -0.25) is 9.89 Å². The second-order valence-electron chi connectivity index (χ2n) is 6.97. The van der Waals surface area contributed by atoms with Crippen LogP contribution in [0.15, 0.2) is 52.1 Å². The molecule has 0 saturated heterocycles. The van der Waals surface area contributed by atoms with E-state index in [0.717, 1.165) is 63.8 Å². The van der Waals surface area contributed by atoms with Gasteiger partial charge in [0.2, 0.25) is 0 Å². The molecule has 0 bridgehead atoms. The third-order valence-electron chi connectivity index (χ3n) is 4.82. The van der Waals surface area contributed by atoms with E-state index in [1.807, 2.05) is 12.1 Å². The summed E-state index contributed by atoms with van der Waals surface area (Å²) in [7, 11) is 0. The molecular formula is C22H33IN4O2. The smallest absolute Gasteiger partial charge is 0.191 e. The highest BCUT2D eigenvalue weighted by Crippen LogP contribution is 2.17. The van der Waals surface area contributed by atoms with Gasteiger partial charge in [0.1, 0.15) is 12.4 Å². The number of ether oxygens (including phenoxy) is 1. The van der Waals surface area contributed by atoms with Crippen LogP contribution in [0.4, 0.5) is 0 Å². The van der Waals surface area contributed by atoms with E-state index < -0.39 is 0 Å². The topological polar surface area (TPSA) is 62.0 Å². The van der Waals surface area contributed by atoms with Crippen molar-refractivity contribution in [3.8, 4) is 0 Å². The molecule has 0 atom stereocenters. The fourth-order valence-corrected chi connectivity index (χ4v) is 3.34. The van der Waals surface area contributed by atoms with E-state index >= 15 is 0 Å². The van der Waals surface area contributed by atoms with Crippen molar-refractivity contribution in [2.75, 3.05) is 39.3 Å². The van der Waals surface area contributed by atoms with Gasteiger partial charge in [-0.1, -0.05) is 24.3 Å². The van der Waals surface area contributed by atoms with Gasteiger partial charge in [0.15, 0.2) is 5.96 Å². The van der Waals surface area contributed by atoms with Crippen LogP contribution in [0.3, 0.4) is 0 Å². The molecule has 2 N–H and O–H groups in total. The summed E-state index contributed by atoms with van der Waals surface area (Å²) < 4.78 is 10.8. The van der Waals surface area contributed by atoms with Crippen molar-refractivity contribution in [1.82, 2.24) is 15.5 Å². The van der Waals surface area contributed by atoms with E-state index in [9.17, 15) is 0 Å². The lowest BCUT2D eigenvalue weighted by Crippen LogP contribution is -2.42. The summed E-state index contributed by atoms with van der Waals surface area (Å²) in [5.41, 5.74) is 2.96. The maximum atomic E-state index is 5.60. The minimum absolute atomic E-state index is 0. The summed E-state index contributed by atoms with van der Waals surface area (Å²) in [4.78, 5) is 7.14. The van der Waals surface area contributed by atoms with Crippen molar-refractivity contribution in [2.24, 2.45) is 4.99 Å². The molecule has 0 spiro atoms. The lowest BCUT2D eigenvalue weighted by atomic mass is 10.00. The molecule has 0 aliphatic carbocycles. The molecule has 1 aliphatic heterocycles. The van der Waals surface area contributed by atoms with E-state index in [1.54, 1.807) is 6.26 Å². The number of halogens is 1. The number of guanidine groups is 1. The summed E-state index contributed by atoms with van der Waals surface area (Å²) in [6.45, 7) is 8.96. The third-order valence-corrected chi connectivity index (χ3v) is 4.82. The zero-order valence-corrected chi connectivity index (χ0v) is 19.6. The molecule has 160 valence electrons. The lowest BCUT2D eigenvalue weighted by Gasteiger charge is -2.28. The molecule has 29 heavy (non-hydrogen) atoms. The van der Waals surface area contributed by atoms with Crippen LogP contribution in [0.2, 0.25) is 0 Å². The number of rotatable bonds is 10. The summed E-state index contributed by atoms with van der Waals surface area (Å²) >= 11 is 0. The zero-order valence-electron chi connectivity index (χ0n) is 17.2. The summed E-state index contributed by atoms with van der Waals surface area (Å²) in [5.74, 6) is 1.74. The van der Waals surface area contributed by atoms with Crippen molar-refractivity contribution >= 4 is 29.9 Å². The minimum Gasteiger partial charge on any atom is -0.467 e. The number of fused-ring (bicyclic) bond motifs is 1. The van der Waals surface area contributed by atoms with Gasteiger partial charge in [-0.2, -0.15) is 0 Å².